The van der Waals surface area contributed by atoms with Crippen LogP contribution in [0, 0.1) is 10.1 Å². The van der Waals surface area contributed by atoms with E-state index in [1.807, 2.05) is 0 Å². The average Bonchev–Trinajstić information content (AvgIpc) is 2.62. The molecule has 0 heterocycles. The Hall–Kier alpha value is -2.99. The van der Waals surface area contributed by atoms with Gasteiger partial charge in [0.15, 0.2) is 0 Å². The van der Waals surface area contributed by atoms with Gasteiger partial charge in [0.05, 0.1) is 4.92 Å². The van der Waals surface area contributed by atoms with E-state index in [1.165, 1.54) is 42.5 Å². The number of allylic oxidation sites excluding steroid dienone is 1. The monoisotopic (exact) mass is 379 g/mol. The number of nitrogens with zero attached hydrogens (tertiary/aromatic N) is 1. The molecule has 0 unspecified atom stereocenters. The third kappa shape index (κ3) is 4.77. The summed E-state index contributed by atoms with van der Waals surface area (Å²) < 4.78 is 42.1. The Morgan fingerprint density at radius 1 is 1.15 bits per heavy atom. The summed E-state index contributed by atoms with van der Waals surface area (Å²) in [5, 5.41) is 10.6. The highest BCUT2D eigenvalue weighted by Gasteiger charge is 2.32. The largest absolute Gasteiger partial charge is 0.423 e. The molecule has 0 bridgehead atoms. The molecule has 0 N–H and O–H groups in total. The standard InChI is InChI=1S/C17H12F2NO5P/c1-11(12-2-4-13(5-3-12)17(18,19)26-24)10-16(21)25-15-8-6-14(7-9-15)20(22)23/h2-10H,1H3. The number of non-ortho nitro benzene ring substituents is 1. The Morgan fingerprint density at radius 2 is 1.73 bits per heavy atom. The molecule has 0 amide bonds. The summed E-state index contributed by atoms with van der Waals surface area (Å²) in [6.45, 7) is 1.59. The first-order valence-electron chi connectivity index (χ1n) is 7.21. The molecule has 0 atom stereocenters. The van der Waals surface area contributed by atoms with Crippen LogP contribution in [-0.2, 0) is 15.0 Å². The number of esters is 1. The third-order valence-corrected chi connectivity index (χ3v) is 3.89. The molecular formula is C17H12F2NO5P. The summed E-state index contributed by atoms with van der Waals surface area (Å²) in [6.07, 6.45) is 1.17. The second-order valence-electron chi connectivity index (χ2n) is 5.21. The maximum atomic E-state index is 13.3. The second-order valence-corrected chi connectivity index (χ2v) is 5.95. The number of nitro groups is 1. The van der Waals surface area contributed by atoms with Crippen LogP contribution in [0.4, 0.5) is 14.5 Å². The van der Waals surface area contributed by atoms with Crippen LogP contribution in [0.1, 0.15) is 18.1 Å². The predicted molar refractivity (Wildman–Crippen MR) is 90.3 cm³/mol. The van der Waals surface area contributed by atoms with Crippen molar-refractivity contribution in [3.8, 4) is 5.75 Å². The van der Waals surface area contributed by atoms with Crippen LogP contribution in [0.2, 0.25) is 0 Å². The lowest BCUT2D eigenvalue weighted by Crippen LogP contribution is -2.05. The van der Waals surface area contributed by atoms with Gasteiger partial charge in [-0.3, -0.25) is 14.7 Å². The zero-order valence-corrected chi connectivity index (χ0v) is 14.3. The normalized spacial score (nSPS) is 12.0. The molecule has 134 valence electrons. The van der Waals surface area contributed by atoms with Crippen LogP contribution in [0.3, 0.4) is 0 Å². The van der Waals surface area contributed by atoms with E-state index in [-0.39, 0.29) is 11.4 Å². The number of halogens is 2. The van der Waals surface area contributed by atoms with Gasteiger partial charge in [-0.25, -0.2) is 4.79 Å². The minimum absolute atomic E-state index is 0.133. The Kier molecular flexibility index (Phi) is 5.90. The molecule has 0 aliphatic heterocycles. The number of carbonyl (C=O) groups is 1. The van der Waals surface area contributed by atoms with E-state index >= 15 is 0 Å². The first-order valence-corrected chi connectivity index (χ1v) is 8.02. The number of nitro benzene ring substituents is 1. The lowest BCUT2D eigenvalue weighted by atomic mass is 10.1. The van der Waals surface area contributed by atoms with Crippen molar-refractivity contribution in [3.63, 3.8) is 0 Å². The first kappa shape index (κ1) is 19.3. The molecule has 0 spiro atoms. The van der Waals surface area contributed by atoms with Crippen molar-refractivity contribution in [1.82, 2.24) is 0 Å². The van der Waals surface area contributed by atoms with Crippen molar-refractivity contribution < 1.29 is 27.8 Å². The highest BCUT2D eigenvalue weighted by molar-refractivity contribution is 7.24. The minimum Gasteiger partial charge on any atom is -0.423 e. The molecular weight excluding hydrogens is 367 g/mol. The Balaban J connectivity index is 2.09. The molecule has 2 rings (SSSR count). The summed E-state index contributed by atoms with van der Waals surface area (Å²) in [6, 6.07) is 9.98. The van der Waals surface area contributed by atoms with Crippen molar-refractivity contribution in [2.45, 2.75) is 12.6 Å². The number of alkyl halides is 2. The Bertz CT molecular complexity index is 864. The zero-order valence-electron chi connectivity index (χ0n) is 13.4. The maximum Gasteiger partial charge on any atom is 0.350 e. The van der Waals surface area contributed by atoms with Crippen LogP contribution >= 0.6 is 8.46 Å². The molecule has 9 heteroatoms. The number of benzene rings is 2. The van der Waals surface area contributed by atoms with Crippen molar-refractivity contribution in [1.29, 1.82) is 0 Å². The molecule has 2 aromatic rings. The van der Waals surface area contributed by atoms with Gasteiger partial charge in [-0.15, -0.1) is 0 Å². The molecule has 26 heavy (non-hydrogen) atoms. The fraction of sp³-hybridized carbons (Fsp3) is 0.118. The zero-order chi connectivity index (χ0) is 19.3. The van der Waals surface area contributed by atoms with Gasteiger partial charge in [-0.1, -0.05) is 24.3 Å². The number of rotatable bonds is 6. The quantitative estimate of drug-likeness (QED) is 0.177. The van der Waals surface area contributed by atoms with E-state index in [0.717, 1.165) is 12.1 Å². The lowest BCUT2D eigenvalue weighted by molar-refractivity contribution is -0.384. The molecule has 0 aliphatic carbocycles. The molecule has 0 radical (unpaired) electrons. The van der Waals surface area contributed by atoms with E-state index in [2.05, 4.69) is 0 Å². The third-order valence-electron chi connectivity index (χ3n) is 3.40. The number of hydrogen-bond acceptors (Lipinski definition) is 5. The smallest absolute Gasteiger partial charge is 0.350 e. The van der Waals surface area contributed by atoms with E-state index < -0.39 is 30.6 Å². The number of ether oxygens (including phenoxy) is 1. The number of carbonyl (C=O) groups excluding carboxylic acids is 1. The molecule has 0 saturated carbocycles. The fourth-order valence-electron chi connectivity index (χ4n) is 2.03. The van der Waals surface area contributed by atoms with Gasteiger partial charge in [0, 0.05) is 23.8 Å². The van der Waals surface area contributed by atoms with E-state index in [9.17, 15) is 28.3 Å². The van der Waals surface area contributed by atoms with Gasteiger partial charge in [0.1, 0.15) is 5.75 Å². The fourth-order valence-corrected chi connectivity index (χ4v) is 2.28. The highest BCUT2D eigenvalue weighted by atomic mass is 31.1. The van der Waals surface area contributed by atoms with Gasteiger partial charge in [-0.2, -0.15) is 8.78 Å². The molecule has 0 aliphatic rings. The lowest BCUT2D eigenvalue weighted by Gasteiger charge is -2.09. The van der Waals surface area contributed by atoms with Gasteiger partial charge in [0.2, 0.25) is 8.46 Å². The SMILES string of the molecule is CC(=CC(=O)Oc1ccc([N+](=O)[O-])cc1)c1ccc(C(F)(F)P=O)cc1. The topological polar surface area (TPSA) is 86.5 Å². The van der Waals surface area contributed by atoms with Crippen LogP contribution in [0.15, 0.2) is 54.6 Å². The summed E-state index contributed by atoms with van der Waals surface area (Å²) in [4.78, 5) is 21.9. The predicted octanol–water partition coefficient (Wildman–Crippen LogP) is 4.94. The van der Waals surface area contributed by atoms with E-state index in [0.29, 0.717) is 11.1 Å². The van der Waals surface area contributed by atoms with Gasteiger partial charge < -0.3 is 4.74 Å². The average molecular weight is 379 g/mol. The van der Waals surface area contributed by atoms with Gasteiger partial charge in [0.25, 0.3) is 5.69 Å². The summed E-state index contributed by atoms with van der Waals surface area (Å²) >= 11 is 0. The van der Waals surface area contributed by atoms with Crippen molar-refractivity contribution >= 4 is 25.7 Å². The molecule has 0 fully saturated rings. The summed E-state index contributed by atoms with van der Waals surface area (Å²) in [7, 11) is -1.29. The first-order chi connectivity index (χ1) is 12.2. The molecule has 2 aromatic carbocycles. The van der Waals surface area contributed by atoms with E-state index in [1.54, 1.807) is 6.92 Å². The van der Waals surface area contributed by atoms with Crippen LogP contribution in [-0.4, -0.2) is 10.9 Å². The van der Waals surface area contributed by atoms with Crippen LogP contribution < -0.4 is 4.74 Å². The Morgan fingerprint density at radius 3 is 2.23 bits per heavy atom. The summed E-state index contributed by atoms with van der Waals surface area (Å²) in [5.74, 6) is -0.585. The maximum absolute atomic E-state index is 13.3. The molecule has 0 saturated heterocycles. The second kappa shape index (κ2) is 7.93. The van der Waals surface area contributed by atoms with E-state index in [4.69, 9.17) is 4.74 Å². The minimum atomic E-state index is -3.47. The van der Waals surface area contributed by atoms with Crippen molar-refractivity contribution in [2.75, 3.05) is 0 Å². The van der Waals surface area contributed by atoms with Gasteiger partial charge >= 0.3 is 11.6 Å². The van der Waals surface area contributed by atoms with Gasteiger partial charge in [-0.05, 0) is 30.2 Å². The number of hydrogen-bond donors (Lipinski definition) is 0. The molecule has 0 aromatic heterocycles. The Labute approximate surface area is 148 Å². The van der Waals surface area contributed by atoms with Crippen molar-refractivity contribution in [2.24, 2.45) is 0 Å². The highest BCUT2D eigenvalue weighted by Crippen LogP contribution is 2.38. The van der Waals surface area contributed by atoms with Crippen molar-refractivity contribution in [3.05, 3.63) is 75.8 Å². The molecule has 6 nitrogen and oxygen atoms in total. The van der Waals surface area contributed by atoms with Crippen LogP contribution in [0.25, 0.3) is 5.57 Å². The van der Waals surface area contributed by atoms with Crippen LogP contribution in [0.5, 0.6) is 5.75 Å². The summed E-state index contributed by atoms with van der Waals surface area (Å²) in [5.41, 5.74) is -3.03.